The van der Waals surface area contributed by atoms with Crippen molar-refractivity contribution in [3.05, 3.63) is 78.1 Å². The molecule has 1 heterocycles. The third-order valence-corrected chi connectivity index (χ3v) is 3.79. The molecule has 0 spiro atoms. The second kappa shape index (κ2) is 4.06. The zero-order chi connectivity index (χ0) is 12.7. The molecule has 90 valence electrons. The standard InChI is InChI=1S/C18H13N/c1-2-6-17-14(4-1)10-15-8-7-13(11-18(15)17)16-5-3-9-19-12-16/h1-9,11-12H,10H2. The Bertz CT molecular complexity index is 745. The van der Waals surface area contributed by atoms with Crippen LogP contribution < -0.4 is 0 Å². The largest absolute Gasteiger partial charge is 0.264 e. The molecule has 1 aromatic heterocycles. The summed E-state index contributed by atoms with van der Waals surface area (Å²) in [4.78, 5) is 4.20. The Hall–Kier alpha value is -2.41. The van der Waals surface area contributed by atoms with Crippen LogP contribution in [-0.2, 0) is 6.42 Å². The van der Waals surface area contributed by atoms with Gasteiger partial charge in [0.1, 0.15) is 0 Å². The van der Waals surface area contributed by atoms with Gasteiger partial charge in [-0.15, -0.1) is 0 Å². The Morgan fingerprint density at radius 2 is 1.63 bits per heavy atom. The van der Waals surface area contributed by atoms with Crippen LogP contribution in [0.2, 0.25) is 0 Å². The molecule has 0 aliphatic heterocycles. The molecule has 2 aromatic carbocycles. The smallest absolute Gasteiger partial charge is 0.0346 e. The SMILES string of the molecule is c1cncc(-c2ccc3c(c2)-c2ccccc2C3)c1. The minimum Gasteiger partial charge on any atom is -0.264 e. The Balaban J connectivity index is 1.89. The molecule has 0 bridgehead atoms. The van der Waals surface area contributed by atoms with E-state index in [1.807, 2.05) is 18.5 Å². The number of nitrogens with zero attached hydrogens (tertiary/aromatic N) is 1. The van der Waals surface area contributed by atoms with Gasteiger partial charge in [0.05, 0.1) is 0 Å². The van der Waals surface area contributed by atoms with Crippen molar-refractivity contribution in [2.24, 2.45) is 0 Å². The highest BCUT2D eigenvalue weighted by molar-refractivity contribution is 5.81. The van der Waals surface area contributed by atoms with Crippen LogP contribution in [0.5, 0.6) is 0 Å². The van der Waals surface area contributed by atoms with E-state index >= 15 is 0 Å². The number of rotatable bonds is 1. The summed E-state index contributed by atoms with van der Waals surface area (Å²) in [7, 11) is 0. The molecule has 1 heteroatoms. The zero-order valence-corrected chi connectivity index (χ0v) is 10.5. The average molecular weight is 243 g/mol. The van der Waals surface area contributed by atoms with Gasteiger partial charge in [-0.3, -0.25) is 4.98 Å². The number of hydrogen-bond donors (Lipinski definition) is 0. The summed E-state index contributed by atoms with van der Waals surface area (Å²) in [6, 6.07) is 19.5. The molecule has 0 amide bonds. The van der Waals surface area contributed by atoms with Gasteiger partial charge < -0.3 is 0 Å². The van der Waals surface area contributed by atoms with Crippen molar-refractivity contribution < 1.29 is 0 Å². The molecule has 3 aromatic rings. The minimum atomic E-state index is 1.05. The van der Waals surface area contributed by atoms with Gasteiger partial charge in [0.15, 0.2) is 0 Å². The highest BCUT2D eigenvalue weighted by Crippen LogP contribution is 2.38. The molecule has 1 aliphatic carbocycles. The van der Waals surface area contributed by atoms with E-state index < -0.39 is 0 Å². The molecule has 4 rings (SSSR count). The molecule has 1 aliphatic rings. The second-order valence-corrected chi connectivity index (χ2v) is 4.95. The van der Waals surface area contributed by atoms with E-state index in [9.17, 15) is 0 Å². The van der Waals surface area contributed by atoms with Gasteiger partial charge in [0.25, 0.3) is 0 Å². The van der Waals surface area contributed by atoms with E-state index in [4.69, 9.17) is 0 Å². The lowest BCUT2D eigenvalue weighted by atomic mass is 10.00. The first-order chi connectivity index (χ1) is 9.42. The first-order valence-electron chi connectivity index (χ1n) is 6.53. The molecule has 1 nitrogen and oxygen atoms in total. The lowest BCUT2D eigenvalue weighted by molar-refractivity contribution is 1.26. The van der Waals surface area contributed by atoms with E-state index in [1.165, 1.54) is 33.4 Å². The van der Waals surface area contributed by atoms with Crippen LogP contribution in [0.15, 0.2) is 67.0 Å². The number of aromatic nitrogens is 1. The van der Waals surface area contributed by atoms with Crippen molar-refractivity contribution >= 4 is 0 Å². The maximum Gasteiger partial charge on any atom is 0.0346 e. The number of benzene rings is 2. The van der Waals surface area contributed by atoms with Gasteiger partial charge in [-0.25, -0.2) is 0 Å². The Kier molecular flexibility index (Phi) is 2.25. The van der Waals surface area contributed by atoms with Crippen LogP contribution in [0, 0.1) is 0 Å². The quantitative estimate of drug-likeness (QED) is 0.485. The number of fused-ring (bicyclic) bond motifs is 3. The lowest BCUT2D eigenvalue weighted by Crippen LogP contribution is -1.83. The Labute approximate surface area is 112 Å². The van der Waals surface area contributed by atoms with E-state index in [0.717, 1.165) is 6.42 Å². The zero-order valence-electron chi connectivity index (χ0n) is 10.5. The summed E-state index contributed by atoms with van der Waals surface area (Å²) in [5.74, 6) is 0. The van der Waals surface area contributed by atoms with Crippen LogP contribution in [0.1, 0.15) is 11.1 Å². The van der Waals surface area contributed by atoms with Crippen molar-refractivity contribution in [3.8, 4) is 22.3 Å². The maximum absolute atomic E-state index is 4.20. The highest BCUT2D eigenvalue weighted by atomic mass is 14.6. The Morgan fingerprint density at radius 3 is 2.53 bits per heavy atom. The maximum atomic E-state index is 4.20. The molecule has 19 heavy (non-hydrogen) atoms. The predicted molar refractivity (Wildman–Crippen MR) is 77.9 cm³/mol. The first kappa shape index (κ1) is 10.5. The van der Waals surface area contributed by atoms with Crippen molar-refractivity contribution in [1.29, 1.82) is 0 Å². The monoisotopic (exact) mass is 243 g/mol. The van der Waals surface area contributed by atoms with E-state index in [1.54, 1.807) is 0 Å². The van der Waals surface area contributed by atoms with Crippen LogP contribution in [-0.4, -0.2) is 4.98 Å². The van der Waals surface area contributed by atoms with Crippen molar-refractivity contribution in [1.82, 2.24) is 4.98 Å². The molecule has 0 saturated carbocycles. The van der Waals surface area contributed by atoms with Gasteiger partial charge in [-0.2, -0.15) is 0 Å². The fourth-order valence-corrected chi connectivity index (χ4v) is 2.84. The van der Waals surface area contributed by atoms with Gasteiger partial charge in [-0.1, -0.05) is 42.5 Å². The van der Waals surface area contributed by atoms with E-state index in [-0.39, 0.29) is 0 Å². The van der Waals surface area contributed by atoms with Crippen LogP contribution in [0.4, 0.5) is 0 Å². The van der Waals surface area contributed by atoms with Crippen LogP contribution in [0.3, 0.4) is 0 Å². The molecule has 0 atom stereocenters. The number of hydrogen-bond acceptors (Lipinski definition) is 1. The molecule has 0 saturated heterocycles. The third-order valence-electron chi connectivity index (χ3n) is 3.79. The summed E-state index contributed by atoms with van der Waals surface area (Å²) in [5, 5.41) is 0. The molecular formula is C18H13N. The lowest BCUT2D eigenvalue weighted by Gasteiger charge is -2.05. The molecular weight excluding hydrogens is 230 g/mol. The molecule has 0 fully saturated rings. The van der Waals surface area contributed by atoms with Crippen molar-refractivity contribution in [2.45, 2.75) is 6.42 Å². The number of pyridine rings is 1. The molecule has 0 unspecified atom stereocenters. The van der Waals surface area contributed by atoms with Crippen LogP contribution in [0.25, 0.3) is 22.3 Å². The van der Waals surface area contributed by atoms with Gasteiger partial charge in [0, 0.05) is 18.0 Å². The molecule has 0 N–H and O–H groups in total. The van der Waals surface area contributed by atoms with E-state index in [2.05, 4.69) is 53.5 Å². The third kappa shape index (κ3) is 1.66. The van der Waals surface area contributed by atoms with Crippen molar-refractivity contribution in [3.63, 3.8) is 0 Å². The molecule has 0 radical (unpaired) electrons. The summed E-state index contributed by atoms with van der Waals surface area (Å²) >= 11 is 0. The fraction of sp³-hybridized carbons (Fsp3) is 0.0556. The highest BCUT2D eigenvalue weighted by Gasteiger charge is 2.17. The predicted octanol–water partition coefficient (Wildman–Crippen LogP) is 4.32. The van der Waals surface area contributed by atoms with Gasteiger partial charge in [0.2, 0.25) is 0 Å². The van der Waals surface area contributed by atoms with Crippen LogP contribution >= 0.6 is 0 Å². The van der Waals surface area contributed by atoms with Crippen molar-refractivity contribution in [2.75, 3.05) is 0 Å². The summed E-state index contributed by atoms with van der Waals surface area (Å²) in [6.45, 7) is 0. The minimum absolute atomic E-state index is 1.05. The average Bonchev–Trinajstić information content (AvgIpc) is 2.86. The summed E-state index contributed by atoms with van der Waals surface area (Å²) in [5.41, 5.74) is 8.02. The first-order valence-corrected chi connectivity index (χ1v) is 6.53. The van der Waals surface area contributed by atoms with E-state index in [0.29, 0.717) is 0 Å². The summed E-state index contributed by atoms with van der Waals surface area (Å²) < 4.78 is 0. The van der Waals surface area contributed by atoms with Gasteiger partial charge in [-0.05, 0) is 46.4 Å². The summed E-state index contributed by atoms with van der Waals surface area (Å²) in [6.07, 6.45) is 4.79. The second-order valence-electron chi connectivity index (χ2n) is 4.95. The fourth-order valence-electron chi connectivity index (χ4n) is 2.84. The topological polar surface area (TPSA) is 12.9 Å². The normalized spacial score (nSPS) is 12.0. The van der Waals surface area contributed by atoms with Gasteiger partial charge >= 0.3 is 0 Å². The Morgan fingerprint density at radius 1 is 0.737 bits per heavy atom.